The van der Waals surface area contributed by atoms with Gasteiger partial charge in [-0.15, -0.1) is 0 Å². The summed E-state index contributed by atoms with van der Waals surface area (Å²) in [7, 11) is 2.30. The quantitative estimate of drug-likeness (QED) is 0.653. The minimum Gasteiger partial charge on any atom is -0.300 e. The van der Waals surface area contributed by atoms with E-state index in [0.717, 1.165) is 18.0 Å². The first-order valence-corrected chi connectivity index (χ1v) is 5.63. The molecule has 3 rings (SSSR count). The minimum absolute atomic E-state index is 0.806. The van der Waals surface area contributed by atoms with Crippen molar-refractivity contribution in [3.05, 3.63) is 35.9 Å². The van der Waals surface area contributed by atoms with Crippen LogP contribution in [0.5, 0.6) is 0 Å². The molecule has 2 aliphatic heterocycles. The van der Waals surface area contributed by atoms with E-state index in [1.807, 2.05) is 0 Å². The third-order valence-corrected chi connectivity index (χ3v) is 4.11. The third-order valence-electron chi connectivity index (χ3n) is 4.11. The Morgan fingerprint density at radius 2 is 1.93 bits per heavy atom. The molecule has 1 nitrogen and oxygen atoms in total. The lowest BCUT2D eigenvalue weighted by Crippen LogP contribution is -2.25. The molecular weight excluding hydrogens is 170 g/mol. The van der Waals surface area contributed by atoms with Crippen molar-refractivity contribution < 1.29 is 0 Å². The van der Waals surface area contributed by atoms with Crippen LogP contribution in [0.1, 0.15) is 30.7 Å². The van der Waals surface area contributed by atoms with Crippen molar-refractivity contribution in [1.82, 2.24) is 4.90 Å². The number of hydrogen-bond acceptors (Lipinski definition) is 1. The summed E-state index contributed by atoms with van der Waals surface area (Å²) in [5.74, 6) is 0.806. The SMILES string of the molecule is CN1C2CCC1[C@@H](c1ccccc1)C2. The summed E-state index contributed by atoms with van der Waals surface area (Å²) in [5.41, 5.74) is 1.55. The highest BCUT2D eigenvalue weighted by Gasteiger charge is 2.44. The second-order valence-electron chi connectivity index (χ2n) is 4.72. The van der Waals surface area contributed by atoms with Gasteiger partial charge in [-0.1, -0.05) is 30.3 Å². The molecule has 0 saturated carbocycles. The van der Waals surface area contributed by atoms with Crippen molar-refractivity contribution in [2.45, 2.75) is 37.3 Å². The third kappa shape index (κ3) is 1.12. The van der Waals surface area contributed by atoms with Crippen LogP contribution in [-0.2, 0) is 0 Å². The summed E-state index contributed by atoms with van der Waals surface area (Å²) in [5, 5.41) is 0. The molecule has 2 unspecified atom stereocenters. The highest BCUT2D eigenvalue weighted by atomic mass is 15.2. The first-order chi connectivity index (χ1) is 6.86. The van der Waals surface area contributed by atoms with E-state index in [2.05, 4.69) is 42.3 Å². The van der Waals surface area contributed by atoms with E-state index in [1.165, 1.54) is 19.3 Å². The molecule has 0 radical (unpaired) electrons. The molecule has 0 amide bonds. The van der Waals surface area contributed by atoms with E-state index in [4.69, 9.17) is 0 Å². The maximum Gasteiger partial charge on any atom is 0.0165 e. The number of hydrogen-bond donors (Lipinski definition) is 0. The van der Waals surface area contributed by atoms with Gasteiger partial charge in [0.15, 0.2) is 0 Å². The lowest BCUT2D eigenvalue weighted by Gasteiger charge is -2.21. The van der Waals surface area contributed by atoms with Gasteiger partial charge in [0.1, 0.15) is 0 Å². The number of rotatable bonds is 1. The van der Waals surface area contributed by atoms with Gasteiger partial charge >= 0.3 is 0 Å². The molecule has 0 aliphatic carbocycles. The van der Waals surface area contributed by atoms with Gasteiger partial charge in [-0.2, -0.15) is 0 Å². The second-order valence-corrected chi connectivity index (χ2v) is 4.72. The van der Waals surface area contributed by atoms with E-state index >= 15 is 0 Å². The molecule has 2 bridgehead atoms. The highest BCUT2D eigenvalue weighted by molar-refractivity contribution is 5.25. The summed E-state index contributed by atoms with van der Waals surface area (Å²) in [4.78, 5) is 2.59. The number of benzene rings is 1. The zero-order valence-corrected chi connectivity index (χ0v) is 8.69. The van der Waals surface area contributed by atoms with Crippen LogP contribution in [0.25, 0.3) is 0 Å². The number of fused-ring (bicyclic) bond motifs is 2. The molecule has 1 aromatic rings. The zero-order chi connectivity index (χ0) is 9.54. The fraction of sp³-hybridized carbons (Fsp3) is 0.538. The van der Waals surface area contributed by atoms with Crippen molar-refractivity contribution in [1.29, 1.82) is 0 Å². The highest BCUT2D eigenvalue weighted by Crippen LogP contribution is 2.45. The molecule has 3 atom stereocenters. The van der Waals surface area contributed by atoms with Crippen LogP contribution in [0.4, 0.5) is 0 Å². The predicted molar refractivity (Wildman–Crippen MR) is 58.4 cm³/mol. The number of likely N-dealkylation sites (N-methyl/N-ethyl adjacent to an activating group) is 1. The molecule has 2 saturated heterocycles. The summed E-state index contributed by atoms with van der Waals surface area (Å²) in [6.07, 6.45) is 4.20. The van der Waals surface area contributed by atoms with Crippen LogP contribution in [0.15, 0.2) is 30.3 Å². The molecule has 0 aromatic heterocycles. The molecule has 0 spiro atoms. The van der Waals surface area contributed by atoms with E-state index in [0.29, 0.717) is 0 Å². The molecule has 2 fully saturated rings. The van der Waals surface area contributed by atoms with Gasteiger partial charge in [0.2, 0.25) is 0 Å². The first kappa shape index (κ1) is 8.49. The molecule has 0 N–H and O–H groups in total. The van der Waals surface area contributed by atoms with Crippen LogP contribution in [-0.4, -0.2) is 24.0 Å². The molecule has 1 aromatic carbocycles. The molecule has 74 valence electrons. The Morgan fingerprint density at radius 3 is 2.50 bits per heavy atom. The van der Waals surface area contributed by atoms with E-state index < -0.39 is 0 Å². The Labute approximate surface area is 85.7 Å². The van der Waals surface area contributed by atoms with Gasteiger partial charge in [0.05, 0.1) is 0 Å². The van der Waals surface area contributed by atoms with Gasteiger partial charge in [-0.05, 0) is 31.9 Å². The molecular formula is C13H17N. The Balaban J connectivity index is 1.89. The standard InChI is InChI=1S/C13H17N/c1-14-11-7-8-13(14)12(9-11)10-5-3-2-4-6-10/h2-6,11-13H,7-9H2,1H3/t11?,12-,13?/m1/s1. The minimum atomic E-state index is 0.806. The summed E-state index contributed by atoms with van der Waals surface area (Å²) in [6, 6.07) is 12.7. The van der Waals surface area contributed by atoms with Gasteiger partial charge in [0.25, 0.3) is 0 Å². The van der Waals surface area contributed by atoms with E-state index in [1.54, 1.807) is 5.56 Å². The lowest BCUT2D eigenvalue weighted by molar-refractivity contribution is 0.307. The van der Waals surface area contributed by atoms with E-state index in [-0.39, 0.29) is 0 Å². The zero-order valence-electron chi connectivity index (χ0n) is 8.69. The van der Waals surface area contributed by atoms with Crippen molar-refractivity contribution in [3.63, 3.8) is 0 Å². The molecule has 14 heavy (non-hydrogen) atoms. The van der Waals surface area contributed by atoms with Gasteiger partial charge in [-0.3, -0.25) is 4.90 Å². The van der Waals surface area contributed by atoms with Gasteiger partial charge in [-0.25, -0.2) is 0 Å². The van der Waals surface area contributed by atoms with Crippen LogP contribution in [0.2, 0.25) is 0 Å². The van der Waals surface area contributed by atoms with Crippen LogP contribution >= 0.6 is 0 Å². The maximum atomic E-state index is 2.59. The Kier molecular flexibility index (Phi) is 1.88. The summed E-state index contributed by atoms with van der Waals surface area (Å²) < 4.78 is 0. The smallest absolute Gasteiger partial charge is 0.0165 e. The van der Waals surface area contributed by atoms with Gasteiger partial charge in [0, 0.05) is 18.0 Å². The molecule has 2 aliphatic rings. The van der Waals surface area contributed by atoms with Crippen molar-refractivity contribution in [2.75, 3.05) is 7.05 Å². The average Bonchev–Trinajstić information content (AvgIpc) is 2.76. The average molecular weight is 187 g/mol. The molecule has 2 heterocycles. The maximum absolute atomic E-state index is 2.59. The first-order valence-electron chi connectivity index (χ1n) is 5.63. The fourth-order valence-corrected chi connectivity index (χ4v) is 3.32. The Bertz CT molecular complexity index is 319. The van der Waals surface area contributed by atoms with Crippen molar-refractivity contribution in [3.8, 4) is 0 Å². The van der Waals surface area contributed by atoms with Crippen LogP contribution < -0.4 is 0 Å². The predicted octanol–water partition coefficient (Wildman–Crippen LogP) is 2.64. The van der Waals surface area contributed by atoms with Crippen molar-refractivity contribution >= 4 is 0 Å². The van der Waals surface area contributed by atoms with Crippen LogP contribution in [0, 0.1) is 0 Å². The Morgan fingerprint density at radius 1 is 1.14 bits per heavy atom. The topological polar surface area (TPSA) is 3.24 Å². The van der Waals surface area contributed by atoms with Crippen molar-refractivity contribution in [2.24, 2.45) is 0 Å². The number of nitrogens with zero attached hydrogens (tertiary/aromatic N) is 1. The van der Waals surface area contributed by atoms with E-state index in [9.17, 15) is 0 Å². The summed E-state index contributed by atoms with van der Waals surface area (Å²) >= 11 is 0. The monoisotopic (exact) mass is 187 g/mol. The second kappa shape index (κ2) is 3.09. The lowest BCUT2D eigenvalue weighted by atomic mass is 9.84. The normalized spacial score (nSPS) is 36.5. The van der Waals surface area contributed by atoms with Crippen LogP contribution in [0.3, 0.4) is 0 Å². The van der Waals surface area contributed by atoms with Gasteiger partial charge < -0.3 is 0 Å². The largest absolute Gasteiger partial charge is 0.300 e. The fourth-order valence-electron chi connectivity index (χ4n) is 3.32. The molecule has 1 heteroatoms. The summed E-state index contributed by atoms with van der Waals surface area (Å²) in [6.45, 7) is 0. The Hall–Kier alpha value is -0.820.